The molecule has 4 nitrogen and oxygen atoms in total. The molecule has 0 radical (unpaired) electrons. The Labute approximate surface area is 119 Å². The molecule has 1 atom stereocenters. The van der Waals surface area contributed by atoms with Crippen molar-refractivity contribution in [1.82, 2.24) is 15.3 Å². The second-order valence-corrected chi connectivity index (χ2v) is 5.45. The van der Waals surface area contributed by atoms with Crippen LogP contribution >= 0.6 is 11.6 Å². The molecule has 0 spiro atoms. The highest BCUT2D eigenvalue weighted by molar-refractivity contribution is 6.30. The molecule has 0 saturated carbocycles. The van der Waals surface area contributed by atoms with E-state index in [9.17, 15) is 4.79 Å². The number of benzene rings is 1. The van der Waals surface area contributed by atoms with Gasteiger partial charge in [0.15, 0.2) is 5.78 Å². The van der Waals surface area contributed by atoms with E-state index >= 15 is 0 Å². The van der Waals surface area contributed by atoms with E-state index < -0.39 is 0 Å². The van der Waals surface area contributed by atoms with Crippen LogP contribution in [0.25, 0.3) is 0 Å². The lowest BCUT2D eigenvalue weighted by Gasteiger charge is -2.34. The van der Waals surface area contributed by atoms with Crippen LogP contribution in [-0.2, 0) is 0 Å². The third-order valence-electron chi connectivity index (χ3n) is 3.40. The quantitative estimate of drug-likeness (QED) is 0.852. The molecular weight excluding hydrogens is 262 g/mol. The summed E-state index contributed by atoms with van der Waals surface area (Å²) in [5, 5.41) is 2.77. The number of carbonyl (C=O) groups excluding carboxylic acids is 1. The average molecular weight is 282 g/mol. The molecule has 1 unspecified atom stereocenters. The Kier molecular flexibility index (Phi) is 4.93. The second kappa shape index (κ2) is 6.48. The normalized spacial score (nSPS) is 19.3. The van der Waals surface area contributed by atoms with Gasteiger partial charge < -0.3 is 4.90 Å². The first kappa shape index (κ1) is 14.5. The van der Waals surface area contributed by atoms with Gasteiger partial charge in [-0.3, -0.25) is 4.79 Å². The molecule has 0 bridgehead atoms. The van der Waals surface area contributed by atoms with Crippen LogP contribution in [0.15, 0.2) is 24.3 Å². The largest absolute Gasteiger partial charge is 0.304 e. The number of nitrogens with zero attached hydrogens (tertiary/aromatic N) is 2. The lowest BCUT2D eigenvalue weighted by atomic mass is 10.1. The maximum atomic E-state index is 12.3. The summed E-state index contributed by atoms with van der Waals surface area (Å²) in [6.45, 7) is 5.82. The molecule has 19 heavy (non-hydrogen) atoms. The Morgan fingerprint density at radius 3 is 2.37 bits per heavy atom. The minimum absolute atomic E-state index is 0.0931. The maximum Gasteiger partial charge on any atom is 0.180 e. The summed E-state index contributed by atoms with van der Waals surface area (Å²) in [4.78, 5) is 14.5. The topological polar surface area (TPSA) is 35.6 Å². The Hall–Kier alpha value is -0.940. The summed E-state index contributed by atoms with van der Waals surface area (Å²) in [6, 6.07) is 6.82. The molecule has 5 heteroatoms. The van der Waals surface area contributed by atoms with Gasteiger partial charge in [-0.15, -0.1) is 0 Å². The number of rotatable bonds is 4. The Balaban J connectivity index is 1.90. The van der Waals surface area contributed by atoms with Gasteiger partial charge in [0.1, 0.15) is 0 Å². The van der Waals surface area contributed by atoms with E-state index in [-0.39, 0.29) is 11.8 Å². The van der Waals surface area contributed by atoms with Crippen LogP contribution in [0.3, 0.4) is 0 Å². The first-order chi connectivity index (χ1) is 9.06. The lowest BCUT2D eigenvalue weighted by molar-refractivity contribution is 0.0718. The van der Waals surface area contributed by atoms with E-state index in [1.165, 1.54) is 0 Å². The van der Waals surface area contributed by atoms with Crippen LogP contribution in [0.1, 0.15) is 17.3 Å². The van der Waals surface area contributed by atoms with Crippen molar-refractivity contribution in [2.45, 2.75) is 13.0 Å². The molecule has 1 aliphatic rings. The second-order valence-electron chi connectivity index (χ2n) is 5.01. The molecule has 1 heterocycles. The smallest absolute Gasteiger partial charge is 0.180 e. The monoisotopic (exact) mass is 281 g/mol. The summed E-state index contributed by atoms with van der Waals surface area (Å²) in [5.41, 5.74) is 3.97. The van der Waals surface area contributed by atoms with E-state index in [1.807, 2.05) is 6.92 Å². The SMILES string of the molecule is CC(NN1CCN(C)CC1)C(=O)c1ccc(Cl)cc1. The van der Waals surface area contributed by atoms with Crippen molar-refractivity contribution in [2.24, 2.45) is 0 Å². The van der Waals surface area contributed by atoms with Crippen molar-refractivity contribution in [3.63, 3.8) is 0 Å². The molecule has 1 aromatic rings. The fraction of sp³-hybridized carbons (Fsp3) is 0.500. The van der Waals surface area contributed by atoms with Gasteiger partial charge in [0.2, 0.25) is 0 Å². The number of hydrogen-bond donors (Lipinski definition) is 1. The minimum atomic E-state index is -0.218. The number of Topliss-reactive ketones (excluding diaryl/α,β-unsaturated/α-hetero) is 1. The number of hydrogen-bond acceptors (Lipinski definition) is 4. The molecule has 104 valence electrons. The summed E-state index contributed by atoms with van der Waals surface area (Å²) < 4.78 is 0. The van der Waals surface area contributed by atoms with Gasteiger partial charge in [-0.05, 0) is 38.2 Å². The van der Waals surface area contributed by atoms with Crippen molar-refractivity contribution in [2.75, 3.05) is 33.2 Å². The van der Waals surface area contributed by atoms with E-state index in [1.54, 1.807) is 24.3 Å². The Morgan fingerprint density at radius 2 is 1.79 bits per heavy atom. The van der Waals surface area contributed by atoms with Crippen molar-refractivity contribution in [3.8, 4) is 0 Å². The minimum Gasteiger partial charge on any atom is -0.304 e. The van der Waals surface area contributed by atoms with Crippen LogP contribution in [-0.4, -0.2) is 55.0 Å². The number of hydrazine groups is 1. The third-order valence-corrected chi connectivity index (χ3v) is 3.65. The average Bonchev–Trinajstić information content (AvgIpc) is 2.41. The van der Waals surface area contributed by atoms with Crippen molar-refractivity contribution >= 4 is 17.4 Å². The summed E-state index contributed by atoms with van der Waals surface area (Å²) in [5.74, 6) is 0.0931. The predicted molar refractivity (Wildman–Crippen MR) is 77.5 cm³/mol. The molecule has 0 aliphatic carbocycles. The van der Waals surface area contributed by atoms with E-state index in [0.717, 1.165) is 26.2 Å². The molecule has 0 aromatic heterocycles. The summed E-state index contributed by atoms with van der Waals surface area (Å²) >= 11 is 5.83. The third kappa shape index (κ3) is 4.01. The zero-order valence-corrected chi connectivity index (χ0v) is 12.2. The maximum absolute atomic E-state index is 12.3. The zero-order valence-electron chi connectivity index (χ0n) is 11.4. The van der Waals surface area contributed by atoms with Crippen LogP contribution in [0, 0.1) is 0 Å². The van der Waals surface area contributed by atoms with Crippen LogP contribution in [0.2, 0.25) is 5.02 Å². The van der Waals surface area contributed by atoms with Crippen LogP contribution in [0.4, 0.5) is 0 Å². The summed E-state index contributed by atoms with van der Waals surface area (Å²) in [7, 11) is 2.11. The molecule has 1 aliphatic heterocycles. The van der Waals surface area contributed by atoms with Crippen molar-refractivity contribution in [3.05, 3.63) is 34.9 Å². The van der Waals surface area contributed by atoms with Gasteiger partial charge in [0.25, 0.3) is 0 Å². The highest BCUT2D eigenvalue weighted by Crippen LogP contribution is 2.11. The highest BCUT2D eigenvalue weighted by atomic mass is 35.5. The fourth-order valence-corrected chi connectivity index (χ4v) is 2.26. The number of halogens is 1. The van der Waals surface area contributed by atoms with Gasteiger partial charge in [0.05, 0.1) is 6.04 Å². The first-order valence-electron chi connectivity index (χ1n) is 6.55. The molecule has 2 rings (SSSR count). The van der Waals surface area contributed by atoms with Gasteiger partial charge in [-0.1, -0.05) is 11.6 Å². The molecule has 1 saturated heterocycles. The molecule has 0 amide bonds. The van der Waals surface area contributed by atoms with Gasteiger partial charge in [-0.2, -0.15) is 0 Å². The predicted octanol–water partition coefficient (Wildman–Crippen LogP) is 1.66. The summed E-state index contributed by atoms with van der Waals surface area (Å²) in [6.07, 6.45) is 0. The van der Waals surface area contributed by atoms with E-state index in [0.29, 0.717) is 10.6 Å². The number of nitrogens with one attached hydrogen (secondary N) is 1. The zero-order chi connectivity index (χ0) is 13.8. The standard InChI is InChI=1S/C14H20ClN3O/c1-11(16-18-9-7-17(2)8-10-18)14(19)12-3-5-13(15)6-4-12/h3-6,11,16H,7-10H2,1-2H3. The number of piperazine rings is 1. The fourth-order valence-electron chi connectivity index (χ4n) is 2.13. The first-order valence-corrected chi connectivity index (χ1v) is 6.93. The molecule has 1 N–H and O–H groups in total. The van der Waals surface area contributed by atoms with Gasteiger partial charge in [0, 0.05) is 36.8 Å². The van der Waals surface area contributed by atoms with Crippen molar-refractivity contribution in [1.29, 1.82) is 0 Å². The van der Waals surface area contributed by atoms with E-state index in [4.69, 9.17) is 11.6 Å². The van der Waals surface area contributed by atoms with E-state index in [2.05, 4.69) is 22.4 Å². The number of carbonyl (C=O) groups is 1. The molecular formula is C14H20ClN3O. The Morgan fingerprint density at radius 1 is 1.21 bits per heavy atom. The molecule has 1 aromatic carbocycles. The molecule has 1 fully saturated rings. The Bertz CT molecular complexity index is 427. The van der Waals surface area contributed by atoms with Crippen molar-refractivity contribution < 1.29 is 4.79 Å². The highest BCUT2D eigenvalue weighted by Gasteiger charge is 2.20. The van der Waals surface area contributed by atoms with Gasteiger partial charge >= 0.3 is 0 Å². The number of likely N-dealkylation sites (N-methyl/N-ethyl adjacent to an activating group) is 1. The number of ketones is 1. The lowest BCUT2D eigenvalue weighted by Crippen LogP contribution is -2.54. The van der Waals surface area contributed by atoms with Crippen LogP contribution in [0.5, 0.6) is 0 Å². The van der Waals surface area contributed by atoms with Crippen LogP contribution < -0.4 is 5.43 Å². The van der Waals surface area contributed by atoms with Gasteiger partial charge in [-0.25, -0.2) is 10.4 Å².